The summed E-state index contributed by atoms with van der Waals surface area (Å²) in [7, 11) is 1.67. The summed E-state index contributed by atoms with van der Waals surface area (Å²) in [6.07, 6.45) is 0.614. The highest BCUT2D eigenvalue weighted by molar-refractivity contribution is 6.31. The Balaban J connectivity index is 2.00. The van der Waals surface area contributed by atoms with Gasteiger partial charge in [-0.25, -0.2) is 4.39 Å². The molecular weight excluding hydrogens is 348 g/mol. The smallest absolute Gasteiger partial charge is 0.128 e. The molecule has 1 fully saturated rings. The van der Waals surface area contributed by atoms with Crippen LogP contribution in [0.2, 0.25) is 10.0 Å². The molecule has 1 heterocycles. The molecule has 0 spiro atoms. The lowest BCUT2D eigenvalue weighted by atomic mass is 9.80. The Hall–Kier alpha value is -1.62. The van der Waals surface area contributed by atoms with Crippen LogP contribution >= 0.6 is 23.2 Å². The molecule has 0 amide bonds. The van der Waals surface area contributed by atoms with E-state index in [1.165, 1.54) is 6.07 Å². The maximum atomic E-state index is 14.4. The number of aliphatic imine (C=N–C) groups is 1. The van der Waals surface area contributed by atoms with Crippen LogP contribution in [0.5, 0.6) is 0 Å². The number of hydrogen-bond donors (Lipinski definition) is 2. The lowest BCUT2D eigenvalue weighted by Crippen LogP contribution is -2.51. The highest BCUT2D eigenvalue weighted by Crippen LogP contribution is 2.38. The van der Waals surface area contributed by atoms with E-state index in [4.69, 9.17) is 28.9 Å². The summed E-state index contributed by atoms with van der Waals surface area (Å²) in [4.78, 5) is 4.25. The van der Waals surface area contributed by atoms with Crippen molar-refractivity contribution >= 4 is 29.0 Å². The first kappa shape index (κ1) is 17.2. The predicted molar refractivity (Wildman–Crippen MR) is 97.4 cm³/mol. The Morgan fingerprint density at radius 2 is 1.88 bits per heavy atom. The molecule has 1 saturated heterocycles. The van der Waals surface area contributed by atoms with Crippen LogP contribution in [-0.4, -0.2) is 18.9 Å². The molecule has 0 aromatic heterocycles. The fraction of sp³-hybridized carbons (Fsp3) is 0.278. The van der Waals surface area contributed by atoms with Crippen LogP contribution in [0.4, 0.5) is 4.39 Å². The van der Waals surface area contributed by atoms with Crippen molar-refractivity contribution in [2.24, 2.45) is 10.7 Å². The second kappa shape index (κ2) is 7.09. The number of nitrogens with two attached hydrogens (primary N) is 1. The van der Waals surface area contributed by atoms with Gasteiger partial charge in [0, 0.05) is 28.6 Å². The highest BCUT2D eigenvalue weighted by atomic mass is 35.5. The van der Waals surface area contributed by atoms with Gasteiger partial charge in [-0.1, -0.05) is 41.4 Å². The fourth-order valence-corrected chi connectivity index (χ4v) is 3.64. The quantitative estimate of drug-likeness (QED) is 0.832. The third kappa shape index (κ3) is 3.27. The molecule has 0 saturated carbocycles. The molecule has 6 heteroatoms. The second-order valence-electron chi connectivity index (χ2n) is 5.86. The number of benzene rings is 2. The number of halogens is 3. The van der Waals surface area contributed by atoms with Crippen molar-refractivity contribution in [1.29, 1.82) is 0 Å². The average molecular weight is 366 g/mol. The first-order valence-corrected chi connectivity index (χ1v) is 8.45. The monoisotopic (exact) mass is 365 g/mol. The second-order valence-corrected chi connectivity index (χ2v) is 6.70. The molecule has 0 radical (unpaired) electrons. The topological polar surface area (TPSA) is 50.4 Å². The van der Waals surface area contributed by atoms with Gasteiger partial charge in [0.05, 0.1) is 12.1 Å². The van der Waals surface area contributed by atoms with Gasteiger partial charge in [-0.2, -0.15) is 0 Å². The van der Waals surface area contributed by atoms with Crippen molar-refractivity contribution in [1.82, 2.24) is 5.32 Å². The molecule has 2 aromatic carbocycles. The highest BCUT2D eigenvalue weighted by Gasteiger charge is 2.36. The van der Waals surface area contributed by atoms with E-state index in [2.05, 4.69) is 10.3 Å². The summed E-state index contributed by atoms with van der Waals surface area (Å²) in [5.41, 5.74) is 7.83. The van der Waals surface area contributed by atoms with Gasteiger partial charge in [-0.3, -0.25) is 4.99 Å². The zero-order valence-corrected chi connectivity index (χ0v) is 14.7. The van der Waals surface area contributed by atoms with Crippen LogP contribution in [0.25, 0.3) is 0 Å². The third-order valence-corrected chi connectivity index (χ3v) is 5.03. The predicted octanol–water partition coefficient (Wildman–Crippen LogP) is 4.31. The van der Waals surface area contributed by atoms with Gasteiger partial charge in [-0.15, -0.1) is 0 Å². The maximum absolute atomic E-state index is 14.4. The lowest BCUT2D eigenvalue weighted by Gasteiger charge is -2.37. The Bertz CT molecular complexity index is 741. The summed E-state index contributed by atoms with van der Waals surface area (Å²) in [5.74, 6) is 0.0417. The van der Waals surface area contributed by atoms with E-state index >= 15 is 0 Å². The Kier molecular flexibility index (Phi) is 5.09. The van der Waals surface area contributed by atoms with Crippen molar-refractivity contribution in [3.63, 3.8) is 0 Å². The van der Waals surface area contributed by atoms with E-state index in [9.17, 15) is 4.39 Å². The molecule has 0 bridgehead atoms. The zero-order valence-electron chi connectivity index (χ0n) is 13.1. The van der Waals surface area contributed by atoms with Gasteiger partial charge in [0.25, 0.3) is 0 Å². The third-order valence-electron chi connectivity index (χ3n) is 4.44. The molecule has 1 aliphatic rings. The average Bonchev–Trinajstić information content (AvgIpc) is 2.57. The molecule has 3 nitrogen and oxygen atoms in total. The van der Waals surface area contributed by atoms with Crippen molar-refractivity contribution in [3.8, 4) is 0 Å². The van der Waals surface area contributed by atoms with Crippen LogP contribution < -0.4 is 11.1 Å². The summed E-state index contributed by atoms with van der Waals surface area (Å²) in [5, 5.41) is 4.41. The summed E-state index contributed by atoms with van der Waals surface area (Å²) >= 11 is 12.2. The maximum Gasteiger partial charge on any atom is 0.128 e. The molecule has 3 N–H and O–H groups in total. The molecular formula is C18H18Cl2FN3. The summed E-state index contributed by atoms with van der Waals surface area (Å²) in [6, 6.07) is 11.8. The molecule has 1 aliphatic heterocycles. The van der Waals surface area contributed by atoms with Gasteiger partial charge < -0.3 is 11.1 Å². The molecule has 3 rings (SSSR count). The molecule has 2 aromatic rings. The summed E-state index contributed by atoms with van der Waals surface area (Å²) in [6.45, 7) is 0. The van der Waals surface area contributed by atoms with E-state index in [0.29, 0.717) is 27.9 Å². The molecule has 3 unspecified atom stereocenters. The number of amidine groups is 1. The largest absolute Gasteiger partial charge is 0.366 e. The molecule has 24 heavy (non-hydrogen) atoms. The number of nitrogens with one attached hydrogen (secondary N) is 1. The SMILES string of the molecule is CN=C1NC(c2ccc(Cl)cc2)CC(c2c(F)cccc2Cl)C1N. The van der Waals surface area contributed by atoms with E-state index in [1.54, 1.807) is 19.2 Å². The van der Waals surface area contributed by atoms with Crippen LogP contribution in [0.15, 0.2) is 47.5 Å². The van der Waals surface area contributed by atoms with Crippen molar-refractivity contribution in [3.05, 3.63) is 69.5 Å². The van der Waals surface area contributed by atoms with E-state index in [0.717, 1.165) is 5.56 Å². The van der Waals surface area contributed by atoms with Gasteiger partial charge in [0.1, 0.15) is 11.7 Å². The van der Waals surface area contributed by atoms with Gasteiger partial charge in [-0.05, 0) is 36.2 Å². The van der Waals surface area contributed by atoms with E-state index in [1.807, 2.05) is 24.3 Å². The van der Waals surface area contributed by atoms with E-state index in [-0.39, 0.29) is 17.8 Å². The Labute approximate surface area is 150 Å². The van der Waals surface area contributed by atoms with Crippen LogP contribution in [0.1, 0.15) is 29.5 Å². The van der Waals surface area contributed by atoms with Crippen LogP contribution in [-0.2, 0) is 0 Å². The number of nitrogens with zero attached hydrogens (tertiary/aromatic N) is 1. The number of hydrogen-bond acceptors (Lipinski definition) is 2. The normalized spacial score (nSPS) is 25.5. The minimum Gasteiger partial charge on any atom is -0.366 e. The van der Waals surface area contributed by atoms with E-state index < -0.39 is 6.04 Å². The standard InChI is InChI=1S/C18H18Cl2FN3/c1-23-18-17(22)12(16-13(20)3-2-4-14(16)21)9-15(24-18)10-5-7-11(19)8-6-10/h2-8,12,15,17H,9,22H2,1H3,(H,23,24). The van der Waals surface area contributed by atoms with Gasteiger partial charge >= 0.3 is 0 Å². The first-order chi connectivity index (χ1) is 11.5. The van der Waals surface area contributed by atoms with Crippen molar-refractivity contribution < 1.29 is 4.39 Å². The lowest BCUT2D eigenvalue weighted by molar-refractivity contribution is 0.426. The van der Waals surface area contributed by atoms with Crippen LogP contribution in [0, 0.1) is 5.82 Å². The van der Waals surface area contributed by atoms with Crippen LogP contribution in [0.3, 0.4) is 0 Å². The molecule has 126 valence electrons. The van der Waals surface area contributed by atoms with Gasteiger partial charge in [0.2, 0.25) is 0 Å². The number of piperidine rings is 1. The molecule has 0 aliphatic carbocycles. The molecule has 3 atom stereocenters. The Morgan fingerprint density at radius 3 is 2.50 bits per heavy atom. The van der Waals surface area contributed by atoms with Crippen molar-refractivity contribution in [2.75, 3.05) is 7.05 Å². The minimum absolute atomic E-state index is 0.0403. The zero-order chi connectivity index (χ0) is 17.3. The first-order valence-electron chi connectivity index (χ1n) is 7.69. The minimum atomic E-state index is -0.437. The summed E-state index contributed by atoms with van der Waals surface area (Å²) < 4.78 is 14.4. The number of rotatable bonds is 2. The van der Waals surface area contributed by atoms with Gasteiger partial charge in [0.15, 0.2) is 0 Å². The fourth-order valence-electron chi connectivity index (χ4n) is 3.22. The van der Waals surface area contributed by atoms with Crippen molar-refractivity contribution in [2.45, 2.75) is 24.4 Å². The Morgan fingerprint density at radius 1 is 1.17 bits per heavy atom.